The van der Waals surface area contributed by atoms with E-state index in [0.717, 1.165) is 17.8 Å². The first-order chi connectivity index (χ1) is 8.26. The molecule has 1 N–H and O–H groups in total. The molecule has 0 saturated heterocycles. The monoisotopic (exact) mass is 233 g/mol. The lowest BCUT2D eigenvalue weighted by molar-refractivity contribution is -0.133. The molecule has 0 aliphatic heterocycles. The zero-order chi connectivity index (χ0) is 11.5. The van der Waals surface area contributed by atoms with E-state index in [-0.39, 0.29) is 5.41 Å². The molecule has 2 atom stereocenters. The molecular formula is C15H23NO. The van der Waals surface area contributed by atoms with Gasteiger partial charge in [0.15, 0.2) is 0 Å². The van der Waals surface area contributed by atoms with Crippen LogP contribution in [0.15, 0.2) is 0 Å². The molecule has 2 heteroatoms. The Hall–Kier alpha value is -0.530. The Morgan fingerprint density at radius 1 is 1.00 bits per heavy atom. The van der Waals surface area contributed by atoms with Gasteiger partial charge >= 0.3 is 0 Å². The minimum Gasteiger partial charge on any atom is -0.353 e. The van der Waals surface area contributed by atoms with Gasteiger partial charge in [0.25, 0.3) is 0 Å². The highest BCUT2D eigenvalue weighted by molar-refractivity contribution is 5.84. The topological polar surface area (TPSA) is 29.1 Å². The zero-order valence-electron chi connectivity index (χ0n) is 10.6. The molecule has 1 amide bonds. The summed E-state index contributed by atoms with van der Waals surface area (Å²) in [5, 5.41) is 3.39. The van der Waals surface area contributed by atoms with Crippen molar-refractivity contribution in [3.05, 3.63) is 0 Å². The quantitative estimate of drug-likeness (QED) is 0.780. The fourth-order valence-electron chi connectivity index (χ4n) is 5.57. The van der Waals surface area contributed by atoms with Crippen molar-refractivity contribution < 1.29 is 4.79 Å². The van der Waals surface area contributed by atoms with Crippen LogP contribution in [0.2, 0.25) is 0 Å². The molecule has 0 radical (unpaired) electrons. The SMILES string of the molecule is O=C(NC1CCCC1)C12CC3CC(CC1C3)C2. The van der Waals surface area contributed by atoms with Gasteiger partial charge in [0.1, 0.15) is 0 Å². The smallest absolute Gasteiger partial charge is 0.226 e. The molecule has 0 aromatic carbocycles. The van der Waals surface area contributed by atoms with Crippen LogP contribution in [-0.4, -0.2) is 11.9 Å². The van der Waals surface area contributed by atoms with Crippen molar-refractivity contribution in [1.82, 2.24) is 5.32 Å². The number of hydrogen-bond acceptors (Lipinski definition) is 1. The van der Waals surface area contributed by atoms with E-state index >= 15 is 0 Å². The van der Waals surface area contributed by atoms with Gasteiger partial charge in [0, 0.05) is 6.04 Å². The van der Waals surface area contributed by atoms with Crippen LogP contribution in [0, 0.1) is 23.2 Å². The van der Waals surface area contributed by atoms with Crippen molar-refractivity contribution in [3.8, 4) is 0 Å². The van der Waals surface area contributed by atoms with Gasteiger partial charge in [-0.3, -0.25) is 4.79 Å². The summed E-state index contributed by atoms with van der Waals surface area (Å²) in [7, 11) is 0. The standard InChI is InChI=1S/C15H23NO/c17-14(16-13-3-1-2-4-13)15-8-10-5-11(9-15)7-12(15)6-10/h10-13H,1-9H2,(H,16,17). The number of rotatable bonds is 2. The van der Waals surface area contributed by atoms with Gasteiger partial charge in [-0.25, -0.2) is 0 Å². The highest BCUT2D eigenvalue weighted by Gasteiger charge is 2.61. The zero-order valence-corrected chi connectivity index (χ0v) is 10.6. The predicted molar refractivity (Wildman–Crippen MR) is 66.4 cm³/mol. The van der Waals surface area contributed by atoms with Gasteiger partial charge in [-0.2, -0.15) is 0 Å². The summed E-state index contributed by atoms with van der Waals surface area (Å²) in [6, 6.07) is 0.509. The number of carbonyl (C=O) groups is 1. The fraction of sp³-hybridized carbons (Fsp3) is 0.933. The Morgan fingerprint density at radius 3 is 2.29 bits per heavy atom. The molecule has 5 fully saturated rings. The third-order valence-electron chi connectivity index (χ3n) is 6.13. The van der Waals surface area contributed by atoms with E-state index < -0.39 is 0 Å². The summed E-state index contributed by atoms with van der Waals surface area (Å²) in [5.74, 6) is 2.97. The summed E-state index contributed by atoms with van der Waals surface area (Å²) >= 11 is 0. The van der Waals surface area contributed by atoms with E-state index in [2.05, 4.69) is 5.32 Å². The van der Waals surface area contributed by atoms with Crippen LogP contribution in [0.5, 0.6) is 0 Å². The van der Waals surface area contributed by atoms with Crippen molar-refractivity contribution in [3.63, 3.8) is 0 Å². The highest BCUT2D eigenvalue weighted by Crippen LogP contribution is 2.65. The maximum Gasteiger partial charge on any atom is 0.226 e. The molecule has 5 aliphatic rings. The van der Waals surface area contributed by atoms with Crippen LogP contribution < -0.4 is 5.32 Å². The molecule has 0 spiro atoms. The van der Waals surface area contributed by atoms with Crippen LogP contribution in [0.25, 0.3) is 0 Å². The van der Waals surface area contributed by atoms with Gasteiger partial charge in [0.2, 0.25) is 5.91 Å². The van der Waals surface area contributed by atoms with Gasteiger partial charge in [0.05, 0.1) is 5.41 Å². The summed E-state index contributed by atoms with van der Waals surface area (Å²) in [5.41, 5.74) is 0.0934. The second kappa shape index (κ2) is 3.49. The van der Waals surface area contributed by atoms with Crippen molar-refractivity contribution in [2.45, 2.75) is 63.8 Å². The fourth-order valence-corrected chi connectivity index (χ4v) is 5.57. The Labute approximate surface area is 104 Å². The van der Waals surface area contributed by atoms with Crippen LogP contribution in [0.3, 0.4) is 0 Å². The summed E-state index contributed by atoms with van der Waals surface area (Å²) < 4.78 is 0. The summed E-state index contributed by atoms with van der Waals surface area (Å²) in [6.45, 7) is 0. The average molecular weight is 233 g/mol. The molecule has 0 aromatic heterocycles. The van der Waals surface area contributed by atoms with Crippen molar-refractivity contribution in [2.24, 2.45) is 23.2 Å². The van der Waals surface area contributed by atoms with Gasteiger partial charge in [-0.15, -0.1) is 0 Å². The molecule has 5 aliphatic carbocycles. The lowest BCUT2D eigenvalue weighted by Crippen LogP contribution is -2.45. The van der Waals surface area contributed by atoms with E-state index in [9.17, 15) is 4.79 Å². The Kier molecular flexibility index (Phi) is 2.13. The van der Waals surface area contributed by atoms with Crippen LogP contribution >= 0.6 is 0 Å². The normalized spacial score (nSPS) is 47.9. The molecule has 5 rings (SSSR count). The van der Waals surface area contributed by atoms with Crippen molar-refractivity contribution in [1.29, 1.82) is 0 Å². The Morgan fingerprint density at radius 2 is 1.65 bits per heavy atom. The number of nitrogens with one attached hydrogen (secondary N) is 1. The van der Waals surface area contributed by atoms with E-state index in [1.165, 1.54) is 57.8 Å². The molecule has 17 heavy (non-hydrogen) atoms. The third kappa shape index (κ3) is 1.42. The van der Waals surface area contributed by atoms with E-state index in [0.29, 0.717) is 11.9 Å². The Bertz CT molecular complexity index is 331. The summed E-state index contributed by atoms with van der Waals surface area (Å²) in [4.78, 5) is 12.7. The average Bonchev–Trinajstić information content (AvgIpc) is 2.93. The summed E-state index contributed by atoms with van der Waals surface area (Å²) in [6.07, 6.45) is 11.6. The Balaban J connectivity index is 1.52. The van der Waals surface area contributed by atoms with Gasteiger partial charge in [-0.05, 0) is 62.7 Å². The second-order valence-corrected chi connectivity index (χ2v) is 7.16. The van der Waals surface area contributed by atoms with Crippen molar-refractivity contribution >= 4 is 5.91 Å². The molecule has 4 bridgehead atoms. The van der Waals surface area contributed by atoms with E-state index in [4.69, 9.17) is 0 Å². The molecule has 94 valence electrons. The lowest BCUT2D eigenvalue weighted by atomic mass is 9.75. The second-order valence-electron chi connectivity index (χ2n) is 7.16. The van der Waals surface area contributed by atoms with Crippen LogP contribution in [0.1, 0.15) is 57.8 Å². The molecule has 2 nitrogen and oxygen atoms in total. The van der Waals surface area contributed by atoms with Crippen molar-refractivity contribution in [2.75, 3.05) is 0 Å². The third-order valence-corrected chi connectivity index (χ3v) is 6.13. The first-order valence-electron chi connectivity index (χ1n) is 7.57. The van der Waals surface area contributed by atoms with E-state index in [1.54, 1.807) is 0 Å². The number of hydrogen-bond donors (Lipinski definition) is 1. The van der Waals surface area contributed by atoms with E-state index in [1.807, 2.05) is 0 Å². The number of amides is 1. The minimum absolute atomic E-state index is 0.0934. The first kappa shape index (κ1) is 10.4. The maximum atomic E-state index is 12.7. The predicted octanol–water partition coefficient (Wildman–Crippen LogP) is 2.87. The molecule has 0 heterocycles. The number of carbonyl (C=O) groups excluding carboxylic acids is 1. The maximum absolute atomic E-state index is 12.7. The first-order valence-corrected chi connectivity index (χ1v) is 7.57. The molecular weight excluding hydrogens is 210 g/mol. The van der Waals surface area contributed by atoms with Gasteiger partial charge < -0.3 is 5.32 Å². The minimum atomic E-state index is 0.0934. The largest absolute Gasteiger partial charge is 0.353 e. The molecule has 5 saturated carbocycles. The highest BCUT2D eigenvalue weighted by atomic mass is 16.2. The molecule has 2 unspecified atom stereocenters. The lowest BCUT2D eigenvalue weighted by Gasteiger charge is -2.32. The molecule has 0 aromatic rings. The van der Waals surface area contributed by atoms with Crippen LogP contribution in [0.4, 0.5) is 0 Å². The van der Waals surface area contributed by atoms with Gasteiger partial charge in [-0.1, -0.05) is 12.8 Å². The van der Waals surface area contributed by atoms with Crippen LogP contribution in [-0.2, 0) is 4.79 Å².